The molecule has 29 nitrogen and oxygen atoms in total. The molecule has 0 radical (unpaired) electrons. The number of aliphatic hydroxyl groups is 3. The lowest BCUT2D eigenvalue weighted by Gasteiger charge is -2.25. The van der Waals surface area contributed by atoms with Crippen molar-refractivity contribution in [3.63, 3.8) is 0 Å². The molecule has 4 fully saturated rings. The minimum Gasteiger partial charge on any atom is -0.462 e. The number of aromatic nitrogens is 12. The van der Waals surface area contributed by atoms with Gasteiger partial charge < -0.3 is 64.8 Å². The SMILES string of the molecule is C.CC[C@H]1O[C@@H](n2cnc3c(Cl)nc(Cl)nc32)[C@](C)(F)[C@@H]1C.CC[C@H]1O[C@H](Br)[C@](C)(F)[C@@H]1C.CNc1nc(NC)c2ncn([C@@H]3O[C@H](CO)[C@@H](O)[C@@]3(C)F)c2n1.CNc1nc(NC)c2ncn([C@@H]3O[C@H](COP(=O)(N[C@@H](C)C(=O)OC(C)C)Oc4ccccc4)[C@@H](O)[C@@]3(C)F)c2n1. The number of fused-ring (bicyclic) bond motifs is 3. The Labute approximate surface area is 577 Å². The Morgan fingerprint density at radius 2 is 1.10 bits per heavy atom. The molecule has 97 heavy (non-hydrogen) atoms. The van der Waals surface area contributed by atoms with Crippen molar-refractivity contribution >= 4 is 110 Å². The molecule has 10 heterocycles. The van der Waals surface area contributed by atoms with Gasteiger partial charge in [0.1, 0.15) is 52.4 Å². The summed E-state index contributed by atoms with van der Waals surface area (Å²) in [5.74, 6) is 0.751. The molecule has 7 aromatic rings. The number of carbonyl (C=O) groups is 1. The Morgan fingerprint density at radius 3 is 1.53 bits per heavy atom. The number of imidazole rings is 3. The van der Waals surface area contributed by atoms with E-state index in [9.17, 15) is 33.5 Å². The number of nitrogens with one attached hydrogen (secondary N) is 5. The number of esters is 1. The number of para-hydroxylation sites is 1. The van der Waals surface area contributed by atoms with E-state index in [0.29, 0.717) is 45.4 Å². The Balaban J connectivity index is 0.000000200. The fourth-order valence-corrected chi connectivity index (χ4v) is 13.8. The third kappa shape index (κ3) is 16.3. The summed E-state index contributed by atoms with van der Waals surface area (Å²) >= 11 is 15.0. The number of hydrogen-bond donors (Lipinski definition) is 8. The van der Waals surface area contributed by atoms with Crippen LogP contribution in [0.2, 0.25) is 10.4 Å². The van der Waals surface area contributed by atoms with E-state index in [4.69, 9.17) is 55.9 Å². The van der Waals surface area contributed by atoms with Crippen molar-refractivity contribution in [2.24, 2.45) is 11.8 Å². The Bertz CT molecular complexity index is 3850. The smallest absolute Gasteiger partial charge is 0.459 e. The fourth-order valence-electron chi connectivity index (χ4n) is 11.2. The maximum absolute atomic E-state index is 16.0. The summed E-state index contributed by atoms with van der Waals surface area (Å²) in [4.78, 5) is 50.2. The van der Waals surface area contributed by atoms with Crippen LogP contribution >= 0.6 is 46.9 Å². The van der Waals surface area contributed by atoms with E-state index < -0.39 is 110 Å². The molecular formula is C60H87BrCl2F4N17O12P. The Kier molecular flexibility index (Phi) is 25.6. The van der Waals surface area contributed by atoms with Crippen LogP contribution in [0.5, 0.6) is 5.75 Å². The maximum Gasteiger partial charge on any atom is 0.459 e. The van der Waals surface area contributed by atoms with Gasteiger partial charge in [-0.05, 0) is 85.0 Å². The monoisotopic (exact) mass is 1490 g/mol. The lowest BCUT2D eigenvalue weighted by atomic mass is 9.88. The summed E-state index contributed by atoms with van der Waals surface area (Å²) in [6, 6.07) is 7.09. The second-order valence-electron chi connectivity index (χ2n) is 24.2. The molecule has 6 aromatic heterocycles. The van der Waals surface area contributed by atoms with Gasteiger partial charge in [0.05, 0.1) is 50.5 Å². The highest BCUT2D eigenvalue weighted by molar-refractivity contribution is 9.09. The van der Waals surface area contributed by atoms with Crippen LogP contribution in [-0.4, -0.2) is 198 Å². The van der Waals surface area contributed by atoms with Crippen molar-refractivity contribution in [1.29, 1.82) is 0 Å². The third-order valence-electron chi connectivity index (χ3n) is 17.1. The average molecular weight is 1500 g/mol. The van der Waals surface area contributed by atoms with Gasteiger partial charge >= 0.3 is 13.7 Å². The van der Waals surface area contributed by atoms with E-state index in [0.717, 1.165) is 12.8 Å². The van der Waals surface area contributed by atoms with E-state index in [1.54, 1.807) is 83.9 Å². The molecule has 8 N–H and O–H groups in total. The summed E-state index contributed by atoms with van der Waals surface area (Å²) in [6.45, 7) is 17.0. The van der Waals surface area contributed by atoms with Crippen molar-refractivity contribution in [3.8, 4) is 5.75 Å². The standard InChI is InChI=1S/C25H35FN7O7P.C13H15Cl2FN4O.C13H19FN6O3.C8H14BrFO.CH4/c1-14(2)38-22(35)15(3)32-41(36,40-16-10-8-7-9-11-16)37-12-17-19(34)25(4,26)23(39-17)33-13-29-18-20(27-5)30-24(28-6)31-21(18)33;1-4-7-6(2)13(3,16)11(21-7)20-5-17-8-9(14)18-12(15)19-10(8)20;1-13(14)8(22)6(4-21)23-11(13)20-5-17-7-9(15-2)18-12(16-3)19-10(7)20;1-4-6-5(2)8(3,10)7(9)11-6;/h7-11,13-15,17,19,23,34H,12H2,1-6H3,(H,32,36)(H2,27,28,30,31);5-7,11H,4H2,1-3H3;5-6,8,11,21-22H,4H2,1-3H3,(H2,15,16,18,19);5-7H,4H2,1-3H3;1H4/t15-,17+,19+,23+,25+,41?;6-,7-,11-,13-;6-,8-,11-,13-;5-,6-,7+,8-;/m0111./s1. The molecule has 0 aliphatic carbocycles. The molecular weight excluding hydrogens is 1410 g/mol. The number of carbonyl (C=O) groups excluding carboxylic acids is 1. The van der Waals surface area contributed by atoms with E-state index in [-0.39, 0.29) is 59.3 Å². The lowest BCUT2D eigenvalue weighted by molar-refractivity contribution is -0.149. The molecule has 37 heteroatoms. The zero-order chi connectivity index (χ0) is 70.7. The van der Waals surface area contributed by atoms with Crippen LogP contribution in [0, 0.1) is 11.8 Å². The average Bonchev–Trinajstić information content (AvgIpc) is 1.61. The van der Waals surface area contributed by atoms with E-state index in [1.165, 1.54) is 55.8 Å². The normalized spacial score (nSPS) is 30.7. The van der Waals surface area contributed by atoms with Gasteiger partial charge in [-0.3, -0.25) is 23.0 Å². The van der Waals surface area contributed by atoms with Crippen LogP contribution in [0.1, 0.15) is 115 Å². The van der Waals surface area contributed by atoms with E-state index in [1.807, 2.05) is 27.7 Å². The second kappa shape index (κ2) is 31.7. The highest BCUT2D eigenvalue weighted by Crippen LogP contribution is 2.50. The van der Waals surface area contributed by atoms with Gasteiger partial charge in [0.2, 0.25) is 17.2 Å². The first-order chi connectivity index (χ1) is 45.2. The molecule has 4 aliphatic heterocycles. The predicted octanol–water partition coefficient (Wildman–Crippen LogP) is 10.2. The lowest BCUT2D eigenvalue weighted by Crippen LogP contribution is -2.41. The third-order valence-corrected chi connectivity index (χ3v) is 20.3. The van der Waals surface area contributed by atoms with Crippen molar-refractivity contribution < 1.29 is 75.0 Å². The number of benzene rings is 1. The topological polar surface area (TPSA) is 350 Å². The summed E-state index contributed by atoms with van der Waals surface area (Å²) in [5.41, 5.74) is -5.02. The summed E-state index contributed by atoms with van der Waals surface area (Å²) in [6.07, 6.45) is -3.49. The fraction of sp³-hybridized carbons (Fsp3) is 0.633. The van der Waals surface area contributed by atoms with Crippen molar-refractivity contribution in [2.75, 3.05) is 62.7 Å². The molecule has 538 valence electrons. The number of alkyl halides is 5. The molecule has 1 aromatic carbocycles. The maximum atomic E-state index is 16.0. The van der Waals surface area contributed by atoms with Crippen molar-refractivity contribution in [1.82, 2.24) is 63.6 Å². The number of aliphatic hydroxyl groups excluding tert-OH is 3. The number of anilines is 4. The first-order valence-corrected chi connectivity index (χ1v) is 34.1. The van der Waals surface area contributed by atoms with Gasteiger partial charge in [-0.15, -0.1) is 0 Å². The molecule has 0 spiro atoms. The number of halogens is 7. The van der Waals surface area contributed by atoms with E-state index >= 15 is 8.78 Å². The van der Waals surface area contributed by atoms with Gasteiger partial charge in [-0.1, -0.05) is 80.9 Å². The summed E-state index contributed by atoms with van der Waals surface area (Å²) in [7, 11) is 2.38. The number of rotatable bonds is 19. The van der Waals surface area contributed by atoms with Crippen LogP contribution in [0.4, 0.5) is 41.1 Å². The summed E-state index contributed by atoms with van der Waals surface area (Å²) < 4.78 is 117. The van der Waals surface area contributed by atoms with Crippen molar-refractivity contribution in [2.45, 2.75) is 192 Å². The zero-order valence-electron chi connectivity index (χ0n) is 55.5. The molecule has 0 bridgehead atoms. The van der Waals surface area contributed by atoms with E-state index in [2.05, 4.69) is 87.1 Å². The van der Waals surface area contributed by atoms with Crippen LogP contribution in [0.25, 0.3) is 33.5 Å². The molecule has 0 saturated carbocycles. The highest BCUT2D eigenvalue weighted by atomic mass is 79.9. The quantitative estimate of drug-likeness (QED) is 0.00931. The number of ether oxygens (including phenoxy) is 5. The molecule has 0 amide bonds. The van der Waals surface area contributed by atoms with Gasteiger partial charge in [0.15, 0.2) is 80.5 Å². The number of nitrogens with zero attached hydrogens (tertiary/aromatic N) is 12. The van der Waals surface area contributed by atoms with Gasteiger partial charge in [0, 0.05) is 40.0 Å². The minimum atomic E-state index is -4.28. The van der Waals surface area contributed by atoms with Crippen LogP contribution in [-0.2, 0) is 37.6 Å². The number of hydrogen-bond acceptors (Lipinski definition) is 25. The highest BCUT2D eigenvalue weighted by Gasteiger charge is 2.58. The zero-order valence-corrected chi connectivity index (χ0v) is 59.5. The molecule has 11 rings (SSSR count). The largest absolute Gasteiger partial charge is 0.462 e. The van der Waals surface area contributed by atoms with Crippen molar-refractivity contribution in [3.05, 3.63) is 59.8 Å². The Hall–Kier alpha value is -6.01. The van der Waals surface area contributed by atoms with Crippen LogP contribution < -0.4 is 30.9 Å². The van der Waals surface area contributed by atoms with Crippen LogP contribution in [0.15, 0.2) is 49.3 Å². The molecule has 4 aliphatic rings. The summed E-state index contributed by atoms with van der Waals surface area (Å²) in [5, 5.41) is 43.9. The minimum absolute atomic E-state index is 0. The predicted molar refractivity (Wildman–Crippen MR) is 361 cm³/mol. The molecule has 4 saturated heterocycles. The molecule has 1 unspecified atom stereocenters. The van der Waals surface area contributed by atoms with Crippen LogP contribution in [0.3, 0.4) is 0 Å². The second-order valence-corrected chi connectivity index (χ2v) is 27.4. The van der Waals surface area contributed by atoms with Gasteiger partial charge in [-0.2, -0.15) is 30.0 Å². The van der Waals surface area contributed by atoms with Gasteiger partial charge in [-0.25, -0.2) is 42.1 Å². The first-order valence-electron chi connectivity index (χ1n) is 30.9. The Morgan fingerprint density at radius 1 is 0.660 bits per heavy atom. The first kappa shape index (κ1) is 78.3. The molecule has 18 atom stereocenters. The van der Waals surface area contributed by atoms with Gasteiger partial charge in [0.25, 0.3) is 0 Å².